The standard InChI is InChI=1S/C31H35F3N4O2/c1-18-12-22(39)13-19(2)23(18)15-27(35)30(40)37-29-8-10-36-28-7-6-20(14-24(28)29)16-38-11-9-21-4-3-5-26(25(21)17-38)31(32,33)34/h3-7,12-14,27,29,36,39H,8-11,15-17,35H2,1-2H3,(H,37,40). The van der Waals surface area contributed by atoms with Crippen molar-refractivity contribution in [1.82, 2.24) is 10.2 Å². The van der Waals surface area contributed by atoms with E-state index in [1.807, 2.05) is 36.9 Å². The maximum atomic E-state index is 13.6. The molecule has 0 aromatic heterocycles. The Labute approximate surface area is 232 Å². The van der Waals surface area contributed by atoms with E-state index in [0.717, 1.165) is 45.1 Å². The van der Waals surface area contributed by atoms with Crippen LogP contribution in [0.15, 0.2) is 48.5 Å². The van der Waals surface area contributed by atoms with Gasteiger partial charge in [-0.2, -0.15) is 13.2 Å². The first kappa shape index (κ1) is 28.0. The van der Waals surface area contributed by atoms with E-state index in [1.54, 1.807) is 18.2 Å². The Hall–Kier alpha value is -3.56. The van der Waals surface area contributed by atoms with Gasteiger partial charge in [0.15, 0.2) is 0 Å². The van der Waals surface area contributed by atoms with Crippen molar-refractivity contribution in [2.45, 2.75) is 64.5 Å². The largest absolute Gasteiger partial charge is 0.508 e. The van der Waals surface area contributed by atoms with Crippen LogP contribution in [0.5, 0.6) is 5.75 Å². The van der Waals surface area contributed by atoms with Crippen LogP contribution in [0, 0.1) is 13.8 Å². The van der Waals surface area contributed by atoms with Gasteiger partial charge in [0.05, 0.1) is 17.6 Å². The number of halogens is 3. The van der Waals surface area contributed by atoms with Gasteiger partial charge in [-0.1, -0.05) is 24.3 Å². The number of phenols is 1. The van der Waals surface area contributed by atoms with E-state index < -0.39 is 17.8 Å². The number of nitrogens with one attached hydrogen (secondary N) is 2. The van der Waals surface area contributed by atoms with E-state index in [0.29, 0.717) is 44.5 Å². The first-order valence-electron chi connectivity index (χ1n) is 13.6. The van der Waals surface area contributed by atoms with Gasteiger partial charge in [0.2, 0.25) is 5.91 Å². The molecule has 9 heteroatoms. The van der Waals surface area contributed by atoms with Crippen LogP contribution >= 0.6 is 0 Å². The average molecular weight is 553 g/mol. The lowest BCUT2D eigenvalue weighted by molar-refractivity contribution is -0.138. The molecule has 2 heterocycles. The second-order valence-corrected chi connectivity index (χ2v) is 11.0. The first-order valence-corrected chi connectivity index (χ1v) is 13.6. The van der Waals surface area contributed by atoms with Crippen LogP contribution in [-0.2, 0) is 36.9 Å². The molecule has 0 aliphatic carbocycles. The second-order valence-electron chi connectivity index (χ2n) is 11.0. The van der Waals surface area contributed by atoms with Crippen molar-refractivity contribution >= 4 is 11.6 Å². The molecule has 6 nitrogen and oxygen atoms in total. The average Bonchev–Trinajstić information content (AvgIpc) is 2.90. The van der Waals surface area contributed by atoms with Gasteiger partial charge in [-0.15, -0.1) is 0 Å². The molecule has 0 saturated heterocycles. The zero-order chi connectivity index (χ0) is 28.6. The molecule has 5 N–H and O–H groups in total. The smallest absolute Gasteiger partial charge is 0.416 e. The number of hydrogen-bond donors (Lipinski definition) is 4. The van der Waals surface area contributed by atoms with Gasteiger partial charge in [0.1, 0.15) is 5.75 Å². The summed E-state index contributed by atoms with van der Waals surface area (Å²) in [6.07, 6.45) is -2.75. The maximum absolute atomic E-state index is 13.6. The summed E-state index contributed by atoms with van der Waals surface area (Å²) in [5.41, 5.74) is 12.5. The summed E-state index contributed by atoms with van der Waals surface area (Å²) in [5, 5.41) is 16.3. The van der Waals surface area contributed by atoms with Crippen molar-refractivity contribution in [3.05, 3.63) is 93.0 Å². The molecule has 2 aliphatic rings. The number of carbonyl (C=O) groups is 1. The topological polar surface area (TPSA) is 90.6 Å². The number of fused-ring (bicyclic) bond motifs is 2. The Morgan fingerprint density at radius 2 is 1.93 bits per heavy atom. The van der Waals surface area contributed by atoms with Crippen LogP contribution in [0.4, 0.5) is 18.9 Å². The molecule has 0 saturated carbocycles. The quantitative estimate of drug-likeness (QED) is 0.341. The van der Waals surface area contributed by atoms with Crippen LogP contribution in [0.3, 0.4) is 0 Å². The first-order chi connectivity index (χ1) is 19.0. The number of aryl methyl sites for hydroxylation is 2. The van der Waals surface area contributed by atoms with Crippen LogP contribution in [0.2, 0.25) is 0 Å². The minimum absolute atomic E-state index is 0.188. The molecule has 1 amide bonds. The highest BCUT2D eigenvalue weighted by molar-refractivity contribution is 5.82. The van der Waals surface area contributed by atoms with E-state index in [4.69, 9.17) is 5.73 Å². The van der Waals surface area contributed by atoms with Crippen molar-refractivity contribution in [3.8, 4) is 5.75 Å². The van der Waals surface area contributed by atoms with Gasteiger partial charge in [-0.3, -0.25) is 9.69 Å². The lowest BCUT2D eigenvalue weighted by Crippen LogP contribution is -2.44. The number of aromatic hydroxyl groups is 1. The zero-order valence-electron chi connectivity index (χ0n) is 22.7. The Morgan fingerprint density at radius 3 is 2.65 bits per heavy atom. The van der Waals surface area contributed by atoms with Crippen LogP contribution in [-0.4, -0.2) is 35.0 Å². The summed E-state index contributed by atoms with van der Waals surface area (Å²) in [6, 6.07) is 12.8. The number of hydrogen-bond acceptors (Lipinski definition) is 5. The van der Waals surface area contributed by atoms with Crippen molar-refractivity contribution in [3.63, 3.8) is 0 Å². The predicted molar refractivity (Wildman–Crippen MR) is 149 cm³/mol. The summed E-state index contributed by atoms with van der Waals surface area (Å²) in [5.74, 6) is -0.0594. The highest BCUT2D eigenvalue weighted by Gasteiger charge is 2.35. The number of phenolic OH excluding ortho intramolecular Hbond substituents is 1. The third-order valence-electron chi connectivity index (χ3n) is 8.06. The molecular formula is C31H35F3N4O2. The molecule has 2 atom stereocenters. The fourth-order valence-electron chi connectivity index (χ4n) is 6.00. The molecule has 0 radical (unpaired) electrons. The summed E-state index contributed by atoms with van der Waals surface area (Å²) in [4.78, 5) is 15.2. The summed E-state index contributed by atoms with van der Waals surface area (Å²) in [6.45, 7) is 5.91. The van der Waals surface area contributed by atoms with Crippen LogP contribution in [0.25, 0.3) is 0 Å². The molecule has 0 bridgehead atoms. The van der Waals surface area contributed by atoms with E-state index in [1.165, 1.54) is 6.07 Å². The molecule has 2 unspecified atom stereocenters. The fraction of sp³-hybridized carbons (Fsp3) is 0.387. The van der Waals surface area contributed by atoms with Crippen molar-refractivity contribution in [2.75, 3.05) is 18.4 Å². The van der Waals surface area contributed by atoms with Crippen LogP contribution in [0.1, 0.15) is 57.0 Å². The lowest BCUT2D eigenvalue weighted by atomic mass is 9.92. The van der Waals surface area contributed by atoms with E-state index in [-0.39, 0.29) is 24.2 Å². The highest BCUT2D eigenvalue weighted by Crippen LogP contribution is 2.36. The van der Waals surface area contributed by atoms with Gasteiger partial charge in [0, 0.05) is 31.9 Å². The fourth-order valence-corrected chi connectivity index (χ4v) is 6.00. The number of alkyl halides is 3. The Kier molecular flexibility index (Phi) is 7.79. The minimum atomic E-state index is -4.38. The molecule has 3 aromatic carbocycles. The molecular weight excluding hydrogens is 517 g/mol. The summed E-state index contributed by atoms with van der Waals surface area (Å²) in [7, 11) is 0. The SMILES string of the molecule is Cc1cc(O)cc(C)c1CC(N)C(=O)NC1CCNc2ccc(CN3CCc4cccc(C(F)(F)F)c4C3)cc21. The van der Waals surface area contributed by atoms with Gasteiger partial charge in [-0.05, 0) is 96.3 Å². The van der Waals surface area contributed by atoms with Crippen molar-refractivity contribution < 1.29 is 23.1 Å². The molecule has 40 heavy (non-hydrogen) atoms. The number of rotatable bonds is 6. The van der Waals surface area contributed by atoms with Gasteiger partial charge < -0.3 is 21.5 Å². The second kappa shape index (κ2) is 11.1. The Morgan fingerprint density at radius 1 is 1.18 bits per heavy atom. The number of amides is 1. The Bertz CT molecular complexity index is 1400. The molecule has 0 spiro atoms. The molecule has 2 aliphatic heterocycles. The van der Waals surface area contributed by atoms with Gasteiger partial charge >= 0.3 is 6.18 Å². The third-order valence-corrected chi connectivity index (χ3v) is 8.06. The number of benzene rings is 3. The highest BCUT2D eigenvalue weighted by atomic mass is 19.4. The van der Waals surface area contributed by atoms with Gasteiger partial charge in [0.25, 0.3) is 0 Å². The van der Waals surface area contributed by atoms with Crippen molar-refractivity contribution in [1.29, 1.82) is 0 Å². The predicted octanol–water partition coefficient (Wildman–Crippen LogP) is 5.13. The number of carbonyl (C=O) groups excluding carboxylic acids is 1. The van der Waals surface area contributed by atoms with E-state index in [9.17, 15) is 23.1 Å². The zero-order valence-corrected chi connectivity index (χ0v) is 22.7. The molecule has 212 valence electrons. The summed E-state index contributed by atoms with van der Waals surface area (Å²) < 4.78 is 40.9. The minimum Gasteiger partial charge on any atom is -0.508 e. The van der Waals surface area contributed by atoms with Crippen molar-refractivity contribution in [2.24, 2.45) is 5.73 Å². The van der Waals surface area contributed by atoms with E-state index >= 15 is 0 Å². The number of nitrogens with zero attached hydrogens (tertiary/aromatic N) is 1. The lowest BCUT2D eigenvalue weighted by Gasteiger charge is -2.32. The van der Waals surface area contributed by atoms with Crippen LogP contribution < -0.4 is 16.4 Å². The normalized spacial score (nSPS) is 17.9. The number of nitrogens with two attached hydrogens (primary N) is 1. The third kappa shape index (κ3) is 5.95. The van der Waals surface area contributed by atoms with E-state index in [2.05, 4.69) is 10.6 Å². The Balaban J connectivity index is 1.29. The monoisotopic (exact) mass is 552 g/mol. The summed E-state index contributed by atoms with van der Waals surface area (Å²) >= 11 is 0. The molecule has 5 rings (SSSR count). The number of anilines is 1. The molecule has 3 aromatic rings. The molecule has 0 fully saturated rings. The van der Waals surface area contributed by atoms with Gasteiger partial charge in [-0.25, -0.2) is 0 Å². The maximum Gasteiger partial charge on any atom is 0.416 e.